The fourth-order valence-electron chi connectivity index (χ4n) is 1.70. The maximum atomic E-state index is 10.6. The van der Waals surface area contributed by atoms with Crippen molar-refractivity contribution in [2.24, 2.45) is 0 Å². The summed E-state index contributed by atoms with van der Waals surface area (Å²) in [7, 11) is 1.61. The van der Waals surface area contributed by atoms with Crippen LogP contribution in [0.1, 0.15) is 5.56 Å². The number of benzene rings is 2. The number of methoxy groups -OCH3 is 1. The van der Waals surface area contributed by atoms with Gasteiger partial charge in [-0.25, -0.2) is 0 Å². The fourth-order valence-corrected chi connectivity index (χ4v) is 2.09. The van der Waals surface area contributed by atoms with E-state index in [0.29, 0.717) is 6.54 Å². The average Bonchev–Trinajstić information content (AvgIpc) is 2.47. The van der Waals surface area contributed by atoms with Gasteiger partial charge in [0, 0.05) is 29.2 Å². The van der Waals surface area contributed by atoms with Crippen LogP contribution in [0.25, 0.3) is 0 Å². The number of nitro benzene ring substituents is 1. The molecule has 0 saturated carbocycles. The lowest BCUT2D eigenvalue weighted by molar-refractivity contribution is -0.384. The maximum Gasteiger partial charge on any atom is 0.269 e. The maximum absolute atomic E-state index is 10.6. The molecule has 5 nitrogen and oxygen atoms in total. The van der Waals surface area contributed by atoms with Crippen molar-refractivity contribution in [2.75, 3.05) is 12.4 Å². The van der Waals surface area contributed by atoms with Crippen LogP contribution >= 0.6 is 15.9 Å². The number of anilines is 1. The van der Waals surface area contributed by atoms with E-state index in [4.69, 9.17) is 4.74 Å². The van der Waals surface area contributed by atoms with E-state index in [2.05, 4.69) is 21.2 Å². The van der Waals surface area contributed by atoms with Gasteiger partial charge < -0.3 is 10.1 Å². The van der Waals surface area contributed by atoms with Crippen LogP contribution in [0.2, 0.25) is 0 Å². The van der Waals surface area contributed by atoms with E-state index in [1.165, 1.54) is 12.1 Å². The second-order valence-corrected chi connectivity index (χ2v) is 4.98. The number of non-ortho nitro benzene ring substituents is 1. The molecule has 0 atom stereocenters. The average molecular weight is 337 g/mol. The highest BCUT2D eigenvalue weighted by Gasteiger charge is 2.05. The van der Waals surface area contributed by atoms with Crippen LogP contribution < -0.4 is 10.1 Å². The highest BCUT2D eigenvalue weighted by molar-refractivity contribution is 9.10. The zero-order chi connectivity index (χ0) is 14.5. The minimum atomic E-state index is -0.407. The Hall–Kier alpha value is -2.08. The molecule has 1 N–H and O–H groups in total. The van der Waals surface area contributed by atoms with Gasteiger partial charge in [0.25, 0.3) is 5.69 Å². The molecule has 0 heterocycles. The molecule has 0 aromatic heterocycles. The Morgan fingerprint density at radius 1 is 1.25 bits per heavy atom. The topological polar surface area (TPSA) is 64.4 Å². The molecule has 2 rings (SSSR count). The Bertz CT molecular complexity index is 614. The lowest BCUT2D eigenvalue weighted by Crippen LogP contribution is -2.00. The smallest absolute Gasteiger partial charge is 0.269 e. The standard InChI is InChI=1S/C14H13BrN2O3/c1-20-12-6-7-13(15)14(8-12)16-9-10-2-4-11(5-3-10)17(18)19/h2-8,16H,9H2,1H3. The van der Waals surface area contributed by atoms with Crippen LogP contribution in [-0.4, -0.2) is 12.0 Å². The SMILES string of the molecule is COc1ccc(Br)c(NCc2ccc([N+](=O)[O-])cc2)c1. The summed E-state index contributed by atoms with van der Waals surface area (Å²) in [5, 5.41) is 13.8. The lowest BCUT2D eigenvalue weighted by Gasteiger charge is -2.10. The third-order valence-electron chi connectivity index (χ3n) is 2.80. The molecule has 0 spiro atoms. The summed E-state index contributed by atoms with van der Waals surface area (Å²) in [4.78, 5) is 10.2. The van der Waals surface area contributed by atoms with E-state index in [9.17, 15) is 10.1 Å². The minimum Gasteiger partial charge on any atom is -0.497 e. The number of rotatable bonds is 5. The molecular formula is C14H13BrN2O3. The van der Waals surface area contributed by atoms with Crippen molar-refractivity contribution in [1.82, 2.24) is 0 Å². The summed E-state index contributed by atoms with van der Waals surface area (Å²) < 4.78 is 6.10. The molecule has 0 fully saturated rings. The Morgan fingerprint density at radius 2 is 1.95 bits per heavy atom. The second kappa shape index (κ2) is 6.38. The molecule has 0 bridgehead atoms. The summed E-state index contributed by atoms with van der Waals surface area (Å²) in [5.41, 5.74) is 1.96. The van der Waals surface area contributed by atoms with Crippen LogP contribution in [0.15, 0.2) is 46.9 Å². The quantitative estimate of drug-likeness (QED) is 0.662. The van der Waals surface area contributed by atoms with E-state index in [1.807, 2.05) is 18.2 Å². The Balaban J connectivity index is 2.06. The molecule has 104 valence electrons. The molecular weight excluding hydrogens is 324 g/mol. The molecule has 0 aliphatic carbocycles. The predicted molar refractivity (Wildman–Crippen MR) is 81.1 cm³/mol. The van der Waals surface area contributed by atoms with Gasteiger partial charge in [0.15, 0.2) is 0 Å². The Kier molecular flexibility index (Phi) is 4.57. The number of hydrogen-bond donors (Lipinski definition) is 1. The van der Waals surface area contributed by atoms with E-state index in [-0.39, 0.29) is 5.69 Å². The summed E-state index contributed by atoms with van der Waals surface area (Å²) in [6.45, 7) is 0.573. The first-order valence-electron chi connectivity index (χ1n) is 5.91. The van der Waals surface area contributed by atoms with E-state index in [1.54, 1.807) is 19.2 Å². The Morgan fingerprint density at radius 3 is 2.55 bits per heavy atom. The lowest BCUT2D eigenvalue weighted by atomic mass is 10.2. The van der Waals surface area contributed by atoms with Crippen molar-refractivity contribution in [1.29, 1.82) is 0 Å². The first-order valence-corrected chi connectivity index (χ1v) is 6.70. The molecule has 2 aromatic carbocycles. The number of nitrogens with one attached hydrogen (secondary N) is 1. The van der Waals surface area contributed by atoms with Crippen molar-refractivity contribution in [3.63, 3.8) is 0 Å². The molecule has 20 heavy (non-hydrogen) atoms. The van der Waals surface area contributed by atoms with Crippen LogP contribution in [0, 0.1) is 10.1 Å². The van der Waals surface area contributed by atoms with Gasteiger partial charge in [-0.3, -0.25) is 10.1 Å². The third-order valence-corrected chi connectivity index (χ3v) is 3.50. The summed E-state index contributed by atoms with van der Waals surface area (Å²) in [5.74, 6) is 0.763. The van der Waals surface area contributed by atoms with Crippen LogP contribution in [0.5, 0.6) is 5.75 Å². The van der Waals surface area contributed by atoms with Crippen molar-refractivity contribution < 1.29 is 9.66 Å². The van der Waals surface area contributed by atoms with E-state index < -0.39 is 4.92 Å². The van der Waals surface area contributed by atoms with Gasteiger partial charge in [0.1, 0.15) is 5.75 Å². The highest BCUT2D eigenvalue weighted by atomic mass is 79.9. The van der Waals surface area contributed by atoms with Crippen molar-refractivity contribution in [2.45, 2.75) is 6.54 Å². The molecule has 0 saturated heterocycles. The van der Waals surface area contributed by atoms with E-state index >= 15 is 0 Å². The van der Waals surface area contributed by atoms with Crippen molar-refractivity contribution >= 4 is 27.3 Å². The van der Waals surface area contributed by atoms with Crippen LogP contribution in [0.3, 0.4) is 0 Å². The molecule has 0 amide bonds. The molecule has 2 aromatic rings. The van der Waals surface area contributed by atoms with Crippen molar-refractivity contribution in [3.05, 3.63) is 62.6 Å². The van der Waals surface area contributed by atoms with Gasteiger partial charge >= 0.3 is 0 Å². The summed E-state index contributed by atoms with van der Waals surface area (Å²) in [6, 6.07) is 12.1. The number of ether oxygens (including phenoxy) is 1. The normalized spacial score (nSPS) is 10.1. The van der Waals surface area contributed by atoms with Gasteiger partial charge in [-0.05, 0) is 33.6 Å². The number of hydrogen-bond acceptors (Lipinski definition) is 4. The molecule has 0 unspecified atom stereocenters. The number of nitrogens with zero attached hydrogens (tertiary/aromatic N) is 1. The number of halogens is 1. The Labute approximate surface area is 124 Å². The monoisotopic (exact) mass is 336 g/mol. The van der Waals surface area contributed by atoms with Gasteiger partial charge in [-0.2, -0.15) is 0 Å². The molecule has 0 aliphatic rings. The van der Waals surface area contributed by atoms with Gasteiger partial charge in [-0.1, -0.05) is 12.1 Å². The molecule has 0 radical (unpaired) electrons. The van der Waals surface area contributed by atoms with Crippen molar-refractivity contribution in [3.8, 4) is 5.75 Å². The van der Waals surface area contributed by atoms with Gasteiger partial charge in [0.2, 0.25) is 0 Å². The van der Waals surface area contributed by atoms with Gasteiger partial charge in [-0.15, -0.1) is 0 Å². The van der Waals surface area contributed by atoms with Crippen LogP contribution in [0.4, 0.5) is 11.4 Å². The fraction of sp³-hybridized carbons (Fsp3) is 0.143. The van der Waals surface area contributed by atoms with E-state index in [0.717, 1.165) is 21.5 Å². The highest BCUT2D eigenvalue weighted by Crippen LogP contribution is 2.27. The zero-order valence-corrected chi connectivity index (χ0v) is 12.4. The molecule has 6 heteroatoms. The molecule has 0 aliphatic heterocycles. The summed E-state index contributed by atoms with van der Waals surface area (Å²) >= 11 is 3.46. The first kappa shape index (κ1) is 14.3. The second-order valence-electron chi connectivity index (χ2n) is 4.12. The number of nitro groups is 1. The summed E-state index contributed by atoms with van der Waals surface area (Å²) in [6.07, 6.45) is 0. The van der Waals surface area contributed by atoms with Crippen LogP contribution in [-0.2, 0) is 6.54 Å². The zero-order valence-electron chi connectivity index (χ0n) is 10.8. The van der Waals surface area contributed by atoms with Gasteiger partial charge in [0.05, 0.1) is 17.7 Å². The third kappa shape index (κ3) is 3.48. The minimum absolute atomic E-state index is 0.0938. The predicted octanol–water partition coefficient (Wildman–Crippen LogP) is 3.98. The largest absolute Gasteiger partial charge is 0.497 e. The first-order chi connectivity index (χ1) is 9.60.